The Bertz CT molecular complexity index is 237. The maximum absolute atomic E-state index is 3.66. The Morgan fingerprint density at radius 3 is 2.05 bits per heavy atom. The summed E-state index contributed by atoms with van der Waals surface area (Å²) in [5.74, 6) is 0.788. The summed E-state index contributed by atoms with van der Waals surface area (Å²) >= 11 is 0. The molecule has 1 aliphatic heterocycles. The van der Waals surface area contributed by atoms with Crippen molar-refractivity contribution in [3.63, 3.8) is 0 Å². The van der Waals surface area contributed by atoms with Crippen molar-refractivity contribution < 1.29 is 0 Å². The third-order valence-corrected chi connectivity index (χ3v) is 3.89. The predicted octanol–water partition coefficient (Wildman–Crippen LogP) is 2.43. The zero-order valence-corrected chi connectivity index (χ0v) is 14.0. The van der Waals surface area contributed by atoms with Crippen LogP contribution in [0.4, 0.5) is 0 Å². The lowest BCUT2D eigenvalue weighted by atomic mass is 10.1. The van der Waals surface area contributed by atoms with E-state index in [0.29, 0.717) is 6.04 Å². The molecule has 0 spiro atoms. The Labute approximate surface area is 120 Å². The van der Waals surface area contributed by atoms with Gasteiger partial charge in [-0.2, -0.15) is 0 Å². The van der Waals surface area contributed by atoms with E-state index in [2.05, 4.69) is 56.7 Å². The van der Waals surface area contributed by atoms with E-state index in [1.807, 2.05) is 0 Å². The number of nitrogens with one attached hydrogen (secondary N) is 1. The zero-order chi connectivity index (χ0) is 14.5. The standard InChI is InChI=1S/C16H35N3/c1-7-15(12-17-16(4,5)6)19-10-8-18(9-11-19)13-14(2)3/h14-15,17H,7-13H2,1-6H3. The highest BCUT2D eigenvalue weighted by molar-refractivity contribution is 4.82. The molecule has 0 amide bonds. The lowest BCUT2D eigenvalue weighted by Crippen LogP contribution is -2.54. The number of hydrogen-bond acceptors (Lipinski definition) is 3. The Hall–Kier alpha value is -0.120. The van der Waals surface area contributed by atoms with Crippen LogP contribution in [-0.4, -0.2) is 60.6 Å². The van der Waals surface area contributed by atoms with E-state index in [9.17, 15) is 0 Å². The van der Waals surface area contributed by atoms with Gasteiger partial charge in [0.15, 0.2) is 0 Å². The summed E-state index contributed by atoms with van der Waals surface area (Å²) < 4.78 is 0. The molecule has 3 heteroatoms. The predicted molar refractivity (Wildman–Crippen MR) is 84.7 cm³/mol. The smallest absolute Gasteiger partial charge is 0.0219 e. The van der Waals surface area contributed by atoms with Gasteiger partial charge in [-0.1, -0.05) is 20.8 Å². The Kier molecular flexibility index (Phi) is 6.78. The number of rotatable bonds is 6. The third-order valence-electron chi connectivity index (χ3n) is 3.89. The van der Waals surface area contributed by atoms with Crippen LogP contribution in [0.15, 0.2) is 0 Å². The molecule has 0 aromatic carbocycles. The summed E-state index contributed by atoms with van der Waals surface area (Å²) in [4.78, 5) is 5.29. The summed E-state index contributed by atoms with van der Waals surface area (Å²) in [6.07, 6.45) is 1.24. The Morgan fingerprint density at radius 1 is 1.05 bits per heavy atom. The van der Waals surface area contributed by atoms with Gasteiger partial charge in [-0.05, 0) is 33.1 Å². The molecule has 1 unspecified atom stereocenters. The molecule has 0 aliphatic carbocycles. The van der Waals surface area contributed by atoms with E-state index in [1.165, 1.54) is 39.1 Å². The summed E-state index contributed by atoms with van der Waals surface area (Å²) in [5.41, 5.74) is 0.229. The molecule has 0 aromatic heterocycles. The minimum Gasteiger partial charge on any atom is -0.311 e. The van der Waals surface area contributed by atoms with Crippen LogP contribution in [0.25, 0.3) is 0 Å². The van der Waals surface area contributed by atoms with Crippen molar-refractivity contribution in [2.45, 2.75) is 59.5 Å². The molecular formula is C16H35N3. The van der Waals surface area contributed by atoms with E-state index < -0.39 is 0 Å². The van der Waals surface area contributed by atoms with Crippen molar-refractivity contribution in [2.24, 2.45) is 5.92 Å². The fourth-order valence-electron chi connectivity index (χ4n) is 2.78. The molecule has 1 heterocycles. The van der Waals surface area contributed by atoms with Crippen LogP contribution in [0, 0.1) is 5.92 Å². The molecule has 1 fully saturated rings. The van der Waals surface area contributed by atoms with E-state index >= 15 is 0 Å². The first-order valence-corrected chi connectivity index (χ1v) is 8.03. The van der Waals surface area contributed by atoms with Crippen LogP contribution in [0.3, 0.4) is 0 Å². The van der Waals surface area contributed by atoms with Crippen LogP contribution < -0.4 is 5.32 Å². The van der Waals surface area contributed by atoms with E-state index in [-0.39, 0.29) is 5.54 Å². The average molecular weight is 269 g/mol. The van der Waals surface area contributed by atoms with Crippen LogP contribution in [0.2, 0.25) is 0 Å². The lowest BCUT2D eigenvalue weighted by molar-refractivity contribution is 0.0840. The van der Waals surface area contributed by atoms with Gasteiger partial charge in [-0.3, -0.25) is 4.90 Å². The number of nitrogens with zero attached hydrogens (tertiary/aromatic N) is 2. The zero-order valence-electron chi connectivity index (χ0n) is 14.0. The molecule has 1 saturated heterocycles. The van der Waals surface area contributed by atoms with Crippen molar-refractivity contribution in [1.82, 2.24) is 15.1 Å². The third kappa shape index (κ3) is 6.73. The van der Waals surface area contributed by atoms with Crippen molar-refractivity contribution in [3.8, 4) is 0 Å². The molecule has 114 valence electrons. The van der Waals surface area contributed by atoms with Crippen molar-refractivity contribution in [3.05, 3.63) is 0 Å². The number of hydrogen-bond donors (Lipinski definition) is 1. The second-order valence-corrected chi connectivity index (χ2v) is 7.42. The molecule has 1 atom stereocenters. The average Bonchev–Trinajstić information content (AvgIpc) is 2.29. The maximum Gasteiger partial charge on any atom is 0.0219 e. The first-order valence-electron chi connectivity index (χ1n) is 8.03. The van der Waals surface area contributed by atoms with E-state index in [4.69, 9.17) is 0 Å². The molecule has 1 rings (SSSR count). The molecular weight excluding hydrogens is 234 g/mol. The van der Waals surface area contributed by atoms with Crippen molar-refractivity contribution in [1.29, 1.82) is 0 Å². The first-order chi connectivity index (χ1) is 8.81. The van der Waals surface area contributed by atoms with Gasteiger partial charge in [-0.15, -0.1) is 0 Å². The van der Waals surface area contributed by atoms with Gasteiger partial charge in [0.1, 0.15) is 0 Å². The summed E-state index contributed by atoms with van der Waals surface area (Å²) in [5, 5.41) is 3.66. The molecule has 0 saturated carbocycles. The topological polar surface area (TPSA) is 18.5 Å². The fraction of sp³-hybridized carbons (Fsp3) is 1.00. The summed E-state index contributed by atoms with van der Waals surface area (Å²) in [6, 6.07) is 0.695. The van der Waals surface area contributed by atoms with E-state index in [0.717, 1.165) is 12.5 Å². The minimum absolute atomic E-state index is 0.229. The highest BCUT2D eigenvalue weighted by Gasteiger charge is 2.23. The van der Waals surface area contributed by atoms with Crippen molar-refractivity contribution in [2.75, 3.05) is 39.3 Å². The van der Waals surface area contributed by atoms with Gasteiger partial charge >= 0.3 is 0 Å². The van der Waals surface area contributed by atoms with Crippen LogP contribution in [0.1, 0.15) is 48.0 Å². The largest absolute Gasteiger partial charge is 0.311 e. The minimum atomic E-state index is 0.229. The van der Waals surface area contributed by atoms with Crippen LogP contribution in [-0.2, 0) is 0 Å². The van der Waals surface area contributed by atoms with Crippen molar-refractivity contribution >= 4 is 0 Å². The SMILES string of the molecule is CCC(CNC(C)(C)C)N1CCN(CC(C)C)CC1. The first kappa shape index (κ1) is 16.9. The second-order valence-electron chi connectivity index (χ2n) is 7.42. The Morgan fingerprint density at radius 2 is 1.63 bits per heavy atom. The number of piperazine rings is 1. The normalized spacial score (nSPS) is 21.0. The lowest BCUT2D eigenvalue weighted by Gasteiger charge is -2.40. The molecule has 3 nitrogen and oxygen atoms in total. The second kappa shape index (κ2) is 7.61. The van der Waals surface area contributed by atoms with Gasteiger partial charge in [0.25, 0.3) is 0 Å². The van der Waals surface area contributed by atoms with Crippen LogP contribution >= 0.6 is 0 Å². The van der Waals surface area contributed by atoms with Crippen LogP contribution in [0.5, 0.6) is 0 Å². The van der Waals surface area contributed by atoms with Gasteiger partial charge in [0, 0.05) is 50.8 Å². The monoisotopic (exact) mass is 269 g/mol. The van der Waals surface area contributed by atoms with Gasteiger partial charge in [-0.25, -0.2) is 0 Å². The van der Waals surface area contributed by atoms with Gasteiger partial charge in [0.05, 0.1) is 0 Å². The fourth-order valence-corrected chi connectivity index (χ4v) is 2.78. The van der Waals surface area contributed by atoms with Gasteiger partial charge < -0.3 is 10.2 Å². The highest BCUT2D eigenvalue weighted by atomic mass is 15.3. The Balaban J connectivity index is 2.35. The molecule has 0 radical (unpaired) electrons. The molecule has 0 aromatic rings. The molecule has 19 heavy (non-hydrogen) atoms. The highest BCUT2D eigenvalue weighted by Crippen LogP contribution is 2.11. The summed E-state index contributed by atoms with van der Waals surface area (Å²) in [7, 11) is 0. The van der Waals surface area contributed by atoms with E-state index in [1.54, 1.807) is 0 Å². The molecule has 1 N–H and O–H groups in total. The maximum atomic E-state index is 3.66. The summed E-state index contributed by atoms with van der Waals surface area (Å²) in [6.45, 7) is 21.0. The van der Waals surface area contributed by atoms with Gasteiger partial charge in [0.2, 0.25) is 0 Å². The quantitative estimate of drug-likeness (QED) is 0.799. The molecule has 1 aliphatic rings. The molecule has 0 bridgehead atoms.